The molecule has 0 aliphatic heterocycles. The van der Waals surface area contributed by atoms with Crippen molar-refractivity contribution in [3.05, 3.63) is 73.7 Å². The van der Waals surface area contributed by atoms with Gasteiger partial charge in [0.05, 0.1) is 19.5 Å². The lowest BCUT2D eigenvalue weighted by atomic mass is 10.2. The third kappa shape index (κ3) is 6.54. The largest absolute Gasteiger partial charge is 0.519 e. The Balaban J connectivity index is 1.36. The van der Waals surface area contributed by atoms with Gasteiger partial charge in [-0.2, -0.15) is 4.98 Å². The molecule has 1 unspecified atom stereocenters. The van der Waals surface area contributed by atoms with E-state index < -0.39 is 26.4 Å². The molecule has 0 radical (unpaired) electrons. The molecule has 15 heteroatoms. The summed E-state index contributed by atoms with van der Waals surface area (Å²) < 4.78 is 28.7. The molecule has 4 rings (SSSR count). The fourth-order valence-electron chi connectivity index (χ4n) is 3.02. The summed E-state index contributed by atoms with van der Waals surface area (Å²) in [4.78, 5) is 33.8. The van der Waals surface area contributed by atoms with E-state index in [0.29, 0.717) is 17.2 Å². The lowest BCUT2D eigenvalue weighted by Crippen LogP contribution is -2.13. The summed E-state index contributed by atoms with van der Waals surface area (Å²) in [7, 11) is -1.61. The normalized spacial score (nSPS) is 12.4. The van der Waals surface area contributed by atoms with Crippen molar-refractivity contribution in [1.29, 1.82) is 0 Å². The molecular weight excluding hydrogens is 505 g/mol. The minimum absolute atomic E-state index is 0.00958. The molecule has 35 heavy (non-hydrogen) atoms. The van der Waals surface area contributed by atoms with Crippen molar-refractivity contribution in [3.8, 4) is 0 Å². The number of benzene rings is 1. The number of halogens is 1. The molecule has 0 amide bonds. The van der Waals surface area contributed by atoms with E-state index in [1.54, 1.807) is 22.8 Å². The molecule has 0 fully saturated rings. The molecule has 13 nitrogen and oxygen atoms in total. The number of nitrogen functional groups attached to an aromatic ring is 1. The number of fused-ring (bicyclic) bond motifs is 1. The van der Waals surface area contributed by atoms with Crippen LogP contribution >= 0.6 is 20.0 Å². The van der Waals surface area contributed by atoms with Gasteiger partial charge in [0.2, 0.25) is 5.95 Å². The lowest BCUT2D eigenvalue weighted by molar-refractivity contribution is 0.135. The van der Waals surface area contributed by atoms with Gasteiger partial charge in [-0.3, -0.25) is 9.78 Å². The van der Waals surface area contributed by atoms with Crippen molar-refractivity contribution in [2.75, 3.05) is 18.7 Å². The zero-order valence-electron chi connectivity index (χ0n) is 18.2. The van der Waals surface area contributed by atoms with Gasteiger partial charge in [0, 0.05) is 11.6 Å². The number of aliphatic hydroxyl groups excluding tert-OH is 1. The van der Waals surface area contributed by atoms with E-state index in [2.05, 4.69) is 15.0 Å². The van der Waals surface area contributed by atoms with Gasteiger partial charge in [-0.05, 0) is 17.7 Å². The van der Waals surface area contributed by atoms with E-state index in [0.717, 1.165) is 5.56 Å². The first kappa shape index (κ1) is 25.0. The average Bonchev–Trinajstić information content (AvgIpc) is 3.40. The highest BCUT2D eigenvalue weighted by atomic mass is 35.5. The number of ether oxygens (including phenoxy) is 1. The van der Waals surface area contributed by atoms with E-state index in [-0.39, 0.29) is 49.2 Å². The maximum Gasteiger partial charge on any atom is 0.519 e. The molecule has 186 valence electrons. The summed E-state index contributed by atoms with van der Waals surface area (Å²) in [6.07, 6.45) is 1.55. The van der Waals surface area contributed by atoms with Crippen molar-refractivity contribution in [3.63, 3.8) is 0 Å². The van der Waals surface area contributed by atoms with E-state index in [1.807, 2.05) is 6.07 Å². The van der Waals surface area contributed by atoms with Crippen LogP contribution in [-0.2, 0) is 40.1 Å². The predicted molar refractivity (Wildman–Crippen MR) is 124 cm³/mol. The van der Waals surface area contributed by atoms with Gasteiger partial charge in [0.1, 0.15) is 19.6 Å². The third-order valence-corrected chi connectivity index (χ3v) is 6.10. The zero-order valence-corrected chi connectivity index (χ0v) is 19.8. The highest BCUT2D eigenvalue weighted by Crippen LogP contribution is 2.40. The molecule has 1 aromatic carbocycles. The maximum absolute atomic E-state index is 11.9. The van der Waals surface area contributed by atoms with E-state index in [4.69, 9.17) is 40.0 Å². The van der Waals surface area contributed by atoms with E-state index >= 15 is 0 Å². The Morgan fingerprint density at radius 3 is 2.80 bits per heavy atom. The number of hydrogen-bond acceptors (Lipinski definition) is 11. The number of imidazole rings is 1. The summed E-state index contributed by atoms with van der Waals surface area (Å²) in [6, 6.07) is 7.17. The molecule has 0 saturated carbocycles. The number of aromatic nitrogens is 4. The van der Waals surface area contributed by atoms with Gasteiger partial charge in [-0.15, -0.1) is 0 Å². The summed E-state index contributed by atoms with van der Waals surface area (Å²) in [5.74, 6) is -0.900. The van der Waals surface area contributed by atoms with Gasteiger partial charge in [-0.25, -0.2) is 9.78 Å². The van der Waals surface area contributed by atoms with Gasteiger partial charge >= 0.3 is 5.82 Å². The molecular formula is C20H21ClN5O8P. The summed E-state index contributed by atoms with van der Waals surface area (Å²) >= 11 is 6.03. The number of nitrogens with zero attached hydrogens (tertiary/aromatic N) is 3. The van der Waals surface area contributed by atoms with Crippen LogP contribution in [0.25, 0.3) is 11.2 Å². The number of H-pyrrole nitrogens is 1. The third-order valence-electron chi connectivity index (χ3n) is 4.64. The predicted octanol–water partition coefficient (Wildman–Crippen LogP) is 2.11. The molecule has 0 bridgehead atoms. The highest BCUT2D eigenvalue weighted by Gasteiger charge is 2.18. The Morgan fingerprint density at radius 1 is 1.20 bits per heavy atom. The van der Waals surface area contributed by atoms with Crippen molar-refractivity contribution in [2.45, 2.75) is 26.4 Å². The van der Waals surface area contributed by atoms with Crippen LogP contribution in [-0.4, -0.2) is 37.6 Å². The molecule has 4 aromatic rings. The standard InChI is InChI=1S/C20H21ClN5O8P/c21-13-3-1-2-12(6-13)8-31-35(32-9-15-14(7-27)33-20(29)34-15)11-30-5-4-26-10-23-16-17(26)24-19(22)25-18(16)28/h1-3,6,10,27H,4-5,7-9,11H2,(H3,22,24,25,28). The number of rotatable bonds is 12. The molecule has 0 aliphatic carbocycles. The molecule has 1 atom stereocenters. The van der Waals surface area contributed by atoms with Crippen LogP contribution in [0.2, 0.25) is 5.02 Å². The van der Waals surface area contributed by atoms with Crippen LogP contribution in [0.4, 0.5) is 5.95 Å². The first-order valence-corrected chi connectivity index (χ1v) is 12.0. The number of aliphatic hydroxyl groups is 1. The number of aromatic amines is 1. The SMILES string of the molecule is Nc1nc2c(ncn2CCOCP(OCc2cccc(Cl)c2)OCc2oc(=O)oc2CO)c(=O)[nH]1. The Hall–Kier alpha value is -3.06. The minimum Gasteiger partial charge on any atom is -0.393 e. The summed E-state index contributed by atoms with van der Waals surface area (Å²) in [5, 5.41) is 9.87. The molecule has 0 saturated heterocycles. The van der Waals surface area contributed by atoms with Gasteiger partial charge < -0.3 is 38.0 Å². The number of anilines is 1. The number of nitrogens with one attached hydrogen (secondary N) is 1. The molecule has 3 heterocycles. The fraction of sp³-hybridized carbons (Fsp3) is 0.300. The van der Waals surface area contributed by atoms with E-state index in [1.165, 1.54) is 6.33 Å². The lowest BCUT2D eigenvalue weighted by Gasteiger charge is -2.17. The van der Waals surface area contributed by atoms with Crippen LogP contribution in [0.15, 0.2) is 49.0 Å². The monoisotopic (exact) mass is 525 g/mol. The Labute approximate surface area is 203 Å². The molecule has 4 N–H and O–H groups in total. The fourth-order valence-corrected chi connectivity index (χ4v) is 4.29. The minimum atomic E-state index is -1.61. The van der Waals surface area contributed by atoms with Crippen LogP contribution in [0.3, 0.4) is 0 Å². The van der Waals surface area contributed by atoms with Gasteiger partial charge in [0.25, 0.3) is 5.56 Å². The molecule has 0 spiro atoms. The second-order valence-corrected chi connectivity index (χ2v) is 8.94. The van der Waals surface area contributed by atoms with Crippen molar-refractivity contribution < 1.29 is 27.7 Å². The topological polar surface area (TPSA) is 181 Å². The average molecular weight is 526 g/mol. The van der Waals surface area contributed by atoms with Crippen LogP contribution in [0.1, 0.15) is 17.1 Å². The smallest absolute Gasteiger partial charge is 0.393 e. The number of hydrogen-bond donors (Lipinski definition) is 3. The quantitative estimate of drug-likeness (QED) is 0.182. The van der Waals surface area contributed by atoms with Crippen molar-refractivity contribution in [1.82, 2.24) is 19.5 Å². The number of nitrogens with two attached hydrogens (primary N) is 1. The summed E-state index contributed by atoms with van der Waals surface area (Å²) in [5.41, 5.74) is 6.54. The summed E-state index contributed by atoms with van der Waals surface area (Å²) in [6.45, 7) is 0.100. The first-order valence-electron chi connectivity index (χ1n) is 10.2. The zero-order chi connectivity index (χ0) is 24.8. The van der Waals surface area contributed by atoms with Crippen LogP contribution in [0.5, 0.6) is 0 Å². The Kier molecular flexibility index (Phi) is 8.29. The Bertz CT molecular complexity index is 1400. The van der Waals surface area contributed by atoms with Crippen molar-refractivity contribution >= 4 is 37.1 Å². The molecule has 3 aromatic heterocycles. The van der Waals surface area contributed by atoms with Gasteiger partial charge in [0.15, 0.2) is 31.1 Å². The second kappa shape index (κ2) is 11.6. The second-order valence-electron chi connectivity index (χ2n) is 7.07. The first-order chi connectivity index (χ1) is 16.9. The maximum atomic E-state index is 11.9. The van der Waals surface area contributed by atoms with Crippen LogP contribution < -0.4 is 17.1 Å². The van der Waals surface area contributed by atoms with Crippen LogP contribution in [0, 0.1) is 0 Å². The van der Waals surface area contributed by atoms with Gasteiger partial charge in [-0.1, -0.05) is 23.7 Å². The highest BCUT2D eigenvalue weighted by molar-refractivity contribution is 7.46. The Morgan fingerprint density at radius 2 is 2.00 bits per heavy atom. The van der Waals surface area contributed by atoms with E-state index in [9.17, 15) is 14.7 Å². The molecule has 0 aliphatic rings. The van der Waals surface area contributed by atoms with Crippen molar-refractivity contribution in [2.24, 2.45) is 0 Å².